The molecule has 0 spiro atoms. The van der Waals surface area contributed by atoms with Gasteiger partial charge in [-0.05, 0) is 44.5 Å². The van der Waals surface area contributed by atoms with Gasteiger partial charge in [-0.3, -0.25) is 0 Å². The maximum atomic E-state index is 3.48. The smallest absolute Gasteiger partial charge is 0.0375 e. The summed E-state index contributed by atoms with van der Waals surface area (Å²) in [5.41, 5.74) is 5.70. The summed E-state index contributed by atoms with van der Waals surface area (Å²) in [6.07, 6.45) is 0. The molecule has 1 aromatic rings. The van der Waals surface area contributed by atoms with Crippen molar-refractivity contribution in [2.24, 2.45) is 5.92 Å². The van der Waals surface area contributed by atoms with E-state index in [0.29, 0.717) is 6.04 Å². The van der Waals surface area contributed by atoms with Crippen LogP contribution in [-0.2, 0) is 0 Å². The third-order valence-electron chi connectivity index (χ3n) is 3.64. The summed E-state index contributed by atoms with van der Waals surface area (Å²) in [4.78, 5) is 0. The summed E-state index contributed by atoms with van der Waals surface area (Å²) in [6.45, 7) is 8.90. The van der Waals surface area contributed by atoms with Gasteiger partial charge in [0.2, 0.25) is 0 Å². The van der Waals surface area contributed by atoms with Gasteiger partial charge in [0.05, 0.1) is 0 Å². The molecular weight excluding hydrogens is 196 g/mol. The molecule has 1 aliphatic heterocycles. The second-order valence-corrected chi connectivity index (χ2v) is 5.00. The topological polar surface area (TPSA) is 24.1 Å². The van der Waals surface area contributed by atoms with Gasteiger partial charge >= 0.3 is 0 Å². The van der Waals surface area contributed by atoms with Gasteiger partial charge in [0, 0.05) is 25.0 Å². The van der Waals surface area contributed by atoms with Crippen molar-refractivity contribution in [3.05, 3.63) is 34.4 Å². The van der Waals surface area contributed by atoms with Crippen LogP contribution >= 0.6 is 0 Å². The molecule has 2 heteroatoms. The standard InChI is InChI=1S/C14H22N2/c1-9-5-10(2)13(11(3)6-9)14(15-4)12-7-16-8-12/h5-6,12,14-16H,7-8H2,1-4H3. The summed E-state index contributed by atoms with van der Waals surface area (Å²) in [7, 11) is 2.07. The van der Waals surface area contributed by atoms with Crippen LogP contribution in [-0.4, -0.2) is 20.1 Å². The molecule has 1 aliphatic rings. The highest BCUT2D eigenvalue weighted by Gasteiger charge is 2.28. The molecule has 88 valence electrons. The first-order valence-electron chi connectivity index (χ1n) is 6.09. The van der Waals surface area contributed by atoms with E-state index in [9.17, 15) is 0 Å². The third kappa shape index (κ3) is 2.00. The average molecular weight is 218 g/mol. The molecule has 1 atom stereocenters. The summed E-state index contributed by atoms with van der Waals surface area (Å²) < 4.78 is 0. The Kier molecular flexibility index (Phi) is 3.31. The van der Waals surface area contributed by atoms with E-state index >= 15 is 0 Å². The summed E-state index contributed by atoms with van der Waals surface area (Å²) >= 11 is 0. The minimum absolute atomic E-state index is 0.502. The lowest BCUT2D eigenvalue weighted by molar-refractivity contribution is 0.266. The molecule has 2 N–H and O–H groups in total. The number of nitrogens with one attached hydrogen (secondary N) is 2. The van der Waals surface area contributed by atoms with Gasteiger partial charge in [-0.25, -0.2) is 0 Å². The lowest BCUT2D eigenvalue weighted by Crippen LogP contribution is -2.48. The van der Waals surface area contributed by atoms with Crippen molar-refractivity contribution in [3.8, 4) is 0 Å². The molecule has 0 radical (unpaired) electrons. The number of benzene rings is 1. The molecule has 1 saturated heterocycles. The van der Waals surface area contributed by atoms with Crippen LogP contribution in [0.1, 0.15) is 28.3 Å². The first kappa shape index (κ1) is 11.6. The van der Waals surface area contributed by atoms with Gasteiger partial charge in [0.1, 0.15) is 0 Å². The zero-order valence-electron chi connectivity index (χ0n) is 10.7. The van der Waals surface area contributed by atoms with Crippen molar-refractivity contribution in [1.29, 1.82) is 0 Å². The molecule has 0 aromatic heterocycles. The summed E-state index contributed by atoms with van der Waals surface area (Å²) in [5, 5.41) is 6.84. The van der Waals surface area contributed by atoms with E-state index in [-0.39, 0.29) is 0 Å². The Labute approximate surface area is 98.4 Å². The maximum absolute atomic E-state index is 3.48. The quantitative estimate of drug-likeness (QED) is 0.812. The van der Waals surface area contributed by atoms with Crippen molar-refractivity contribution in [2.45, 2.75) is 26.8 Å². The van der Waals surface area contributed by atoms with Crippen molar-refractivity contribution in [3.63, 3.8) is 0 Å². The molecule has 1 heterocycles. The Morgan fingerprint density at radius 3 is 2.12 bits per heavy atom. The van der Waals surface area contributed by atoms with Crippen LogP contribution in [0.4, 0.5) is 0 Å². The average Bonchev–Trinajstić information content (AvgIpc) is 2.11. The Morgan fingerprint density at radius 2 is 1.75 bits per heavy atom. The third-order valence-corrected chi connectivity index (χ3v) is 3.64. The zero-order valence-corrected chi connectivity index (χ0v) is 10.7. The molecule has 2 rings (SSSR count). The van der Waals surface area contributed by atoms with Gasteiger partial charge in [-0.1, -0.05) is 17.7 Å². The fraction of sp³-hybridized carbons (Fsp3) is 0.571. The molecule has 1 fully saturated rings. The number of rotatable bonds is 3. The molecule has 2 nitrogen and oxygen atoms in total. The van der Waals surface area contributed by atoms with Crippen LogP contribution in [0.3, 0.4) is 0 Å². The first-order valence-corrected chi connectivity index (χ1v) is 6.09. The Bertz CT molecular complexity index is 357. The molecule has 1 unspecified atom stereocenters. The van der Waals surface area contributed by atoms with E-state index in [1.54, 1.807) is 0 Å². The fourth-order valence-corrected chi connectivity index (χ4v) is 2.84. The lowest BCUT2D eigenvalue weighted by Gasteiger charge is -2.36. The molecule has 1 aromatic carbocycles. The second kappa shape index (κ2) is 4.56. The molecule has 0 amide bonds. The molecule has 0 saturated carbocycles. The first-order chi connectivity index (χ1) is 7.63. The second-order valence-electron chi connectivity index (χ2n) is 5.00. The van der Waals surface area contributed by atoms with Crippen molar-refractivity contribution in [1.82, 2.24) is 10.6 Å². The highest BCUT2D eigenvalue weighted by molar-refractivity contribution is 5.40. The SMILES string of the molecule is CNC(c1c(C)cc(C)cc1C)C1CNC1. The van der Waals surface area contributed by atoms with Crippen molar-refractivity contribution >= 4 is 0 Å². The largest absolute Gasteiger partial charge is 0.316 e. The van der Waals surface area contributed by atoms with Crippen LogP contribution in [0.2, 0.25) is 0 Å². The van der Waals surface area contributed by atoms with Crippen LogP contribution in [0.15, 0.2) is 12.1 Å². The molecule has 0 bridgehead atoms. The highest BCUT2D eigenvalue weighted by Crippen LogP contribution is 2.30. The fourth-order valence-electron chi connectivity index (χ4n) is 2.84. The minimum Gasteiger partial charge on any atom is -0.316 e. The Balaban J connectivity index is 2.36. The van der Waals surface area contributed by atoms with E-state index < -0.39 is 0 Å². The predicted molar refractivity (Wildman–Crippen MR) is 68.8 cm³/mol. The number of hydrogen-bond acceptors (Lipinski definition) is 2. The van der Waals surface area contributed by atoms with Gasteiger partial charge in [-0.2, -0.15) is 0 Å². The van der Waals surface area contributed by atoms with Gasteiger partial charge in [0.25, 0.3) is 0 Å². The normalized spacial score (nSPS) is 18.2. The molecule has 0 aliphatic carbocycles. The predicted octanol–water partition coefficient (Wildman–Crippen LogP) is 2.09. The van der Waals surface area contributed by atoms with E-state index in [1.807, 2.05) is 0 Å². The van der Waals surface area contributed by atoms with Crippen LogP contribution in [0, 0.1) is 26.7 Å². The maximum Gasteiger partial charge on any atom is 0.0375 e. The van der Waals surface area contributed by atoms with E-state index in [1.165, 1.54) is 22.3 Å². The van der Waals surface area contributed by atoms with E-state index in [2.05, 4.69) is 50.6 Å². The van der Waals surface area contributed by atoms with Crippen LogP contribution in [0.25, 0.3) is 0 Å². The van der Waals surface area contributed by atoms with E-state index in [0.717, 1.165) is 19.0 Å². The van der Waals surface area contributed by atoms with Crippen molar-refractivity contribution in [2.75, 3.05) is 20.1 Å². The summed E-state index contributed by atoms with van der Waals surface area (Å²) in [5.74, 6) is 0.741. The Morgan fingerprint density at radius 1 is 1.19 bits per heavy atom. The lowest BCUT2D eigenvalue weighted by atomic mass is 9.84. The minimum atomic E-state index is 0.502. The Hall–Kier alpha value is -0.860. The summed E-state index contributed by atoms with van der Waals surface area (Å²) in [6, 6.07) is 5.08. The van der Waals surface area contributed by atoms with Gasteiger partial charge in [0.15, 0.2) is 0 Å². The number of aryl methyl sites for hydroxylation is 3. The highest BCUT2D eigenvalue weighted by atomic mass is 15.0. The van der Waals surface area contributed by atoms with Crippen molar-refractivity contribution < 1.29 is 0 Å². The van der Waals surface area contributed by atoms with Gasteiger partial charge in [-0.15, -0.1) is 0 Å². The van der Waals surface area contributed by atoms with Crippen LogP contribution < -0.4 is 10.6 Å². The molecule has 16 heavy (non-hydrogen) atoms. The van der Waals surface area contributed by atoms with Crippen LogP contribution in [0.5, 0.6) is 0 Å². The monoisotopic (exact) mass is 218 g/mol. The van der Waals surface area contributed by atoms with Gasteiger partial charge < -0.3 is 10.6 Å². The van der Waals surface area contributed by atoms with E-state index in [4.69, 9.17) is 0 Å². The number of hydrogen-bond donors (Lipinski definition) is 2. The molecular formula is C14H22N2. The zero-order chi connectivity index (χ0) is 11.7.